The van der Waals surface area contributed by atoms with Gasteiger partial charge in [0, 0.05) is 45.3 Å². The molecule has 1 spiro atoms. The molecule has 0 radical (unpaired) electrons. The summed E-state index contributed by atoms with van der Waals surface area (Å²) in [5, 5.41) is 3.53. The van der Waals surface area contributed by atoms with Gasteiger partial charge in [-0.3, -0.25) is 0 Å². The normalized spacial score (nSPS) is 26.7. The Morgan fingerprint density at radius 3 is 3.10 bits per heavy atom. The molecule has 0 amide bonds. The number of rotatable bonds is 2. The second kappa shape index (κ2) is 6.15. The molecule has 1 aromatic heterocycles. The van der Waals surface area contributed by atoms with Crippen molar-refractivity contribution < 1.29 is 4.74 Å². The highest BCUT2D eigenvalue weighted by molar-refractivity contribution is 5.43. The summed E-state index contributed by atoms with van der Waals surface area (Å²) in [5.74, 6) is 1.76. The number of nitrogens with one attached hydrogen (secondary N) is 1. The molecule has 2 saturated heterocycles. The first-order chi connectivity index (χ1) is 10.2. The number of nitrogens with zero attached hydrogens (tertiary/aromatic N) is 4. The number of aromatic nitrogens is 2. The van der Waals surface area contributed by atoms with Crippen LogP contribution in [0, 0.1) is 5.41 Å². The van der Waals surface area contributed by atoms with E-state index < -0.39 is 0 Å². The van der Waals surface area contributed by atoms with Gasteiger partial charge in [0.15, 0.2) is 0 Å². The highest BCUT2D eigenvalue weighted by Crippen LogP contribution is 2.31. The third kappa shape index (κ3) is 3.27. The molecule has 1 N–H and O–H groups in total. The predicted molar refractivity (Wildman–Crippen MR) is 83.9 cm³/mol. The van der Waals surface area contributed by atoms with E-state index in [1.165, 1.54) is 12.8 Å². The molecule has 0 saturated carbocycles. The molecule has 21 heavy (non-hydrogen) atoms. The molecule has 1 aromatic rings. The van der Waals surface area contributed by atoms with Crippen LogP contribution >= 0.6 is 0 Å². The van der Waals surface area contributed by atoms with Crippen LogP contribution in [0.5, 0.6) is 0 Å². The molecule has 0 unspecified atom stereocenters. The van der Waals surface area contributed by atoms with E-state index in [-0.39, 0.29) is 5.41 Å². The van der Waals surface area contributed by atoms with Crippen molar-refractivity contribution >= 4 is 11.8 Å². The summed E-state index contributed by atoms with van der Waals surface area (Å²) in [7, 11) is 3.94. The van der Waals surface area contributed by atoms with Crippen molar-refractivity contribution in [1.82, 2.24) is 15.3 Å². The molecule has 6 heteroatoms. The van der Waals surface area contributed by atoms with Gasteiger partial charge in [0.2, 0.25) is 5.95 Å². The second-order valence-corrected chi connectivity index (χ2v) is 6.36. The van der Waals surface area contributed by atoms with E-state index in [9.17, 15) is 0 Å². The van der Waals surface area contributed by atoms with E-state index in [2.05, 4.69) is 20.2 Å². The molecule has 0 bridgehead atoms. The first-order valence-corrected chi connectivity index (χ1v) is 7.72. The topological polar surface area (TPSA) is 53.5 Å². The van der Waals surface area contributed by atoms with Crippen LogP contribution in [-0.4, -0.2) is 63.5 Å². The minimum Gasteiger partial charge on any atom is -0.379 e. The molecular formula is C15H25N5O. The lowest BCUT2D eigenvalue weighted by molar-refractivity contribution is 0.0536. The molecule has 3 heterocycles. The largest absolute Gasteiger partial charge is 0.379 e. The number of hydrogen-bond acceptors (Lipinski definition) is 6. The van der Waals surface area contributed by atoms with Crippen LogP contribution in [0.15, 0.2) is 12.3 Å². The van der Waals surface area contributed by atoms with Crippen molar-refractivity contribution in [2.75, 3.05) is 63.3 Å². The van der Waals surface area contributed by atoms with E-state index in [0.717, 1.165) is 51.2 Å². The maximum absolute atomic E-state index is 5.88. The van der Waals surface area contributed by atoms with Crippen molar-refractivity contribution in [3.05, 3.63) is 12.3 Å². The number of ether oxygens (including phenoxy) is 1. The van der Waals surface area contributed by atoms with Crippen molar-refractivity contribution in [2.45, 2.75) is 12.8 Å². The van der Waals surface area contributed by atoms with Crippen LogP contribution < -0.4 is 15.1 Å². The van der Waals surface area contributed by atoms with Crippen molar-refractivity contribution in [3.8, 4) is 0 Å². The first-order valence-electron chi connectivity index (χ1n) is 7.72. The molecule has 2 aliphatic heterocycles. The van der Waals surface area contributed by atoms with Crippen LogP contribution in [-0.2, 0) is 4.74 Å². The minimum atomic E-state index is 0.220. The van der Waals surface area contributed by atoms with E-state index >= 15 is 0 Å². The standard InChI is InChI=1S/C15H25N5O/c1-19(2)14-17-7-4-13(18-14)20-8-9-21-12-15(11-20)5-3-6-16-10-15/h4,7,16H,3,5-6,8-12H2,1-2H3/t15-/m0/s1. The van der Waals surface area contributed by atoms with Gasteiger partial charge in [-0.05, 0) is 25.5 Å². The first kappa shape index (κ1) is 14.5. The predicted octanol–water partition coefficient (Wildman–Crippen LogP) is 0.749. The van der Waals surface area contributed by atoms with E-state index in [1.807, 2.05) is 31.3 Å². The van der Waals surface area contributed by atoms with Crippen LogP contribution in [0.1, 0.15) is 12.8 Å². The van der Waals surface area contributed by atoms with Crippen molar-refractivity contribution in [1.29, 1.82) is 0 Å². The molecule has 0 aromatic carbocycles. The summed E-state index contributed by atoms with van der Waals surface area (Å²) in [6.07, 6.45) is 4.29. The average molecular weight is 291 g/mol. The summed E-state index contributed by atoms with van der Waals surface area (Å²) in [4.78, 5) is 13.3. The van der Waals surface area contributed by atoms with Gasteiger partial charge in [-0.15, -0.1) is 0 Å². The Bertz CT molecular complexity index is 473. The average Bonchev–Trinajstić information content (AvgIpc) is 2.71. The van der Waals surface area contributed by atoms with Gasteiger partial charge in [0.05, 0.1) is 13.2 Å². The number of piperidine rings is 1. The third-order valence-electron chi connectivity index (χ3n) is 4.35. The zero-order valence-corrected chi connectivity index (χ0v) is 13.0. The highest BCUT2D eigenvalue weighted by Gasteiger charge is 2.36. The van der Waals surface area contributed by atoms with Crippen LogP contribution in [0.2, 0.25) is 0 Å². The fourth-order valence-corrected chi connectivity index (χ4v) is 3.21. The summed E-state index contributed by atoms with van der Waals surface area (Å²) >= 11 is 0. The molecule has 3 rings (SSSR count). The van der Waals surface area contributed by atoms with E-state index in [1.54, 1.807) is 0 Å². The summed E-state index contributed by atoms with van der Waals surface area (Å²) in [6.45, 7) is 5.68. The van der Waals surface area contributed by atoms with Gasteiger partial charge in [-0.2, -0.15) is 4.98 Å². The van der Waals surface area contributed by atoms with Gasteiger partial charge in [-0.25, -0.2) is 4.98 Å². The minimum absolute atomic E-state index is 0.220. The Morgan fingerprint density at radius 1 is 1.43 bits per heavy atom. The lowest BCUT2D eigenvalue weighted by Crippen LogP contribution is -2.49. The SMILES string of the molecule is CN(C)c1nccc(N2CCOC[C@]3(CCCNC3)C2)n1. The molecule has 6 nitrogen and oxygen atoms in total. The molecule has 1 atom stereocenters. The quantitative estimate of drug-likeness (QED) is 0.868. The fraction of sp³-hybridized carbons (Fsp3) is 0.733. The zero-order chi connectivity index (χ0) is 14.7. The van der Waals surface area contributed by atoms with E-state index in [0.29, 0.717) is 0 Å². The molecule has 2 fully saturated rings. The van der Waals surface area contributed by atoms with Crippen molar-refractivity contribution in [3.63, 3.8) is 0 Å². The molecule has 116 valence electrons. The maximum Gasteiger partial charge on any atom is 0.226 e. The van der Waals surface area contributed by atoms with Crippen molar-refractivity contribution in [2.24, 2.45) is 5.41 Å². The number of anilines is 2. The Morgan fingerprint density at radius 2 is 2.33 bits per heavy atom. The van der Waals surface area contributed by atoms with Crippen LogP contribution in [0.3, 0.4) is 0 Å². The lowest BCUT2D eigenvalue weighted by atomic mass is 9.81. The van der Waals surface area contributed by atoms with Gasteiger partial charge >= 0.3 is 0 Å². The maximum atomic E-state index is 5.88. The number of hydrogen-bond donors (Lipinski definition) is 1. The van der Waals surface area contributed by atoms with Gasteiger partial charge in [0.1, 0.15) is 5.82 Å². The molecule has 2 aliphatic rings. The second-order valence-electron chi connectivity index (χ2n) is 6.36. The Hall–Kier alpha value is -1.40. The molecule has 0 aliphatic carbocycles. The third-order valence-corrected chi connectivity index (χ3v) is 4.35. The Kier molecular flexibility index (Phi) is 4.26. The summed E-state index contributed by atoms with van der Waals surface area (Å²) in [5.41, 5.74) is 0.220. The summed E-state index contributed by atoms with van der Waals surface area (Å²) in [6, 6.07) is 2.00. The van der Waals surface area contributed by atoms with Gasteiger partial charge in [0.25, 0.3) is 0 Å². The van der Waals surface area contributed by atoms with Crippen LogP contribution in [0.25, 0.3) is 0 Å². The fourth-order valence-electron chi connectivity index (χ4n) is 3.21. The van der Waals surface area contributed by atoms with E-state index in [4.69, 9.17) is 4.74 Å². The van der Waals surface area contributed by atoms with Crippen LogP contribution in [0.4, 0.5) is 11.8 Å². The Balaban J connectivity index is 1.81. The smallest absolute Gasteiger partial charge is 0.226 e. The monoisotopic (exact) mass is 291 g/mol. The summed E-state index contributed by atoms with van der Waals surface area (Å²) < 4.78 is 5.88. The molecular weight excluding hydrogens is 266 g/mol. The highest BCUT2D eigenvalue weighted by atomic mass is 16.5. The lowest BCUT2D eigenvalue weighted by Gasteiger charge is -2.39. The van der Waals surface area contributed by atoms with Gasteiger partial charge < -0.3 is 19.9 Å². The van der Waals surface area contributed by atoms with Gasteiger partial charge in [-0.1, -0.05) is 0 Å². The zero-order valence-electron chi connectivity index (χ0n) is 13.0. The Labute approximate surface area is 126 Å².